The van der Waals surface area contributed by atoms with E-state index in [1.54, 1.807) is 0 Å². The summed E-state index contributed by atoms with van der Waals surface area (Å²) >= 11 is 0. The summed E-state index contributed by atoms with van der Waals surface area (Å²) < 4.78 is 5.21. The van der Waals surface area contributed by atoms with Crippen molar-refractivity contribution in [2.75, 3.05) is 0 Å². The first-order chi connectivity index (χ1) is 9.84. The molecule has 0 aliphatic heterocycles. The molecule has 1 N–H and O–H groups in total. The summed E-state index contributed by atoms with van der Waals surface area (Å²) in [6.07, 6.45) is 5.62. The Morgan fingerprint density at radius 1 is 1.38 bits per heavy atom. The Hall–Kier alpha value is -1.39. The highest BCUT2D eigenvalue weighted by molar-refractivity contribution is 5.76. The third-order valence-corrected chi connectivity index (χ3v) is 4.01. The van der Waals surface area contributed by atoms with Crippen molar-refractivity contribution in [2.45, 2.75) is 77.7 Å². The van der Waals surface area contributed by atoms with Crippen LogP contribution < -0.4 is 5.32 Å². The van der Waals surface area contributed by atoms with Gasteiger partial charge in [-0.2, -0.15) is 4.98 Å². The van der Waals surface area contributed by atoms with Crippen LogP contribution in [0.3, 0.4) is 0 Å². The molecule has 1 aromatic heterocycles. The Morgan fingerprint density at radius 2 is 2.14 bits per heavy atom. The molecule has 1 aromatic rings. The summed E-state index contributed by atoms with van der Waals surface area (Å²) in [4.78, 5) is 16.3. The predicted molar refractivity (Wildman–Crippen MR) is 80.9 cm³/mol. The minimum atomic E-state index is -0.123. The number of nitrogens with one attached hydrogen (secondary N) is 1. The Morgan fingerprint density at radius 3 is 2.76 bits per heavy atom. The van der Waals surface area contributed by atoms with Crippen molar-refractivity contribution < 1.29 is 9.32 Å². The van der Waals surface area contributed by atoms with Gasteiger partial charge in [0.25, 0.3) is 0 Å². The number of amides is 1. The van der Waals surface area contributed by atoms with Gasteiger partial charge < -0.3 is 9.84 Å². The van der Waals surface area contributed by atoms with Crippen LogP contribution in [0.5, 0.6) is 0 Å². The van der Waals surface area contributed by atoms with Crippen LogP contribution in [0.25, 0.3) is 0 Å². The SMILES string of the molecule is CC1CCCC(NC(=O)CCc2nc(C(C)(C)C)no2)C1. The monoisotopic (exact) mass is 293 g/mol. The molecule has 0 radical (unpaired) electrons. The minimum Gasteiger partial charge on any atom is -0.353 e. The maximum atomic E-state index is 12.0. The molecule has 1 saturated carbocycles. The van der Waals surface area contributed by atoms with Crippen LogP contribution in [0.15, 0.2) is 4.52 Å². The van der Waals surface area contributed by atoms with E-state index in [4.69, 9.17) is 4.52 Å². The van der Waals surface area contributed by atoms with Crippen LogP contribution in [0.1, 0.15) is 71.5 Å². The first-order valence-corrected chi connectivity index (χ1v) is 7.97. The van der Waals surface area contributed by atoms with Gasteiger partial charge in [0, 0.05) is 24.3 Å². The summed E-state index contributed by atoms with van der Waals surface area (Å²) in [7, 11) is 0. The van der Waals surface area contributed by atoms with Gasteiger partial charge in [-0.1, -0.05) is 45.7 Å². The van der Waals surface area contributed by atoms with E-state index in [1.165, 1.54) is 12.8 Å². The summed E-state index contributed by atoms with van der Waals surface area (Å²) in [5.74, 6) is 2.05. The average molecular weight is 293 g/mol. The third kappa shape index (κ3) is 4.83. The molecule has 0 saturated heterocycles. The Balaban J connectivity index is 1.77. The smallest absolute Gasteiger partial charge is 0.227 e. The van der Waals surface area contributed by atoms with Crippen molar-refractivity contribution >= 4 is 5.91 Å². The van der Waals surface area contributed by atoms with Crippen molar-refractivity contribution in [3.63, 3.8) is 0 Å². The van der Waals surface area contributed by atoms with E-state index in [-0.39, 0.29) is 11.3 Å². The summed E-state index contributed by atoms with van der Waals surface area (Å²) in [6, 6.07) is 0.342. The lowest BCUT2D eigenvalue weighted by Crippen LogP contribution is -2.38. The zero-order chi connectivity index (χ0) is 15.5. The van der Waals surface area contributed by atoms with Crippen LogP contribution in [0.4, 0.5) is 0 Å². The Kier molecular flexibility index (Phi) is 5.01. The fourth-order valence-electron chi connectivity index (χ4n) is 2.75. The number of aromatic nitrogens is 2. The Labute approximate surface area is 126 Å². The molecule has 0 bridgehead atoms. The maximum Gasteiger partial charge on any atom is 0.227 e. The fourth-order valence-corrected chi connectivity index (χ4v) is 2.75. The molecule has 1 amide bonds. The number of aryl methyl sites for hydroxylation is 1. The third-order valence-electron chi connectivity index (χ3n) is 4.01. The molecule has 118 valence electrons. The van der Waals surface area contributed by atoms with Crippen molar-refractivity contribution in [1.29, 1.82) is 0 Å². The molecule has 2 atom stereocenters. The zero-order valence-corrected chi connectivity index (χ0v) is 13.6. The number of hydrogen-bond acceptors (Lipinski definition) is 4. The first kappa shape index (κ1) is 16.0. The van der Waals surface area contributed by atoms with E-state index in [2.05, 4.69) is 22.4 Å². The largest absolute Gasteiger partial charge is 0.353 e. The number of carbonyl (C=O) groups excluding carboxylic acids is 1. The van der Waals surface area contributed by atoms with Gasteiger partial charge in [0.1, 0.15) is 0 Å². The van der Waals surface area contributed by atoms with Gasteiger partial charge in [-0.05, 0) is 18.8 Å². The van der Waals surface area contributed by atoms with E-state index >= 15 is 0 Å². The van der Waals surface area contributed by atoms with Crippen molar-refractivity contribution in [1.82, 2.24) is 15.5 Å². The Bertz CT molecular complexity index is 476. The van der Waals surface area contributed by atoms with Crippen LogP contribution in [0.2, 0.25) is 0 Å². The summed E-state index contributed by atoms with van der Waals surface area (Å²) in [5, 5.41) is 7.10. The summed E-state index contributed by atoms with van der Waals surface area (Å²) in [6.45, 7) is 8.38. The van der Waals surface area contributed by atoms with Crippen LogP contribution in [-0.4, -0.2) is 22.1 Å². The lowest BCUT2D eigenvalue weighted by atomic mass is 9.87. The van der Waals surface area contributed by atoms with Crippen LogP contribution in [-0.2, 0) is 16.6 Å². The molecule has 0 aromatic carbocycles. The summed E-state index contributed by atoms with van der Waals surface area (Å²) in [5.41, 5.74) is -0.123. The van der Waals surface area contributed by atoms with Gasteiger partial charge in [-0.3, -0.25) is 4.79 Å². The average Bonchev–Trinajstić information content (AvgIpc) is 2.85. The number of rotatable bonds is 4. The van der Waals surface area contributed by atoms with E-state index in [0.717, 1.165) is 12.8 Å². The quantitative estimate of drug-likeness (QED) is 0.926. The highest BCUT2D eigenvalue weighted by Crippen LogP contribution is 2.23. The van der Waals surface area contributed by atoms with Gasteiger partial charge in [-0.25, -0.2) is 0 Å². The van der Waals surface area contributed by atoms with E-state index < -0.39 is 0 Å². The molecule has 5 nitrogen and oxygen atoms in total. The number of nitrogens with zero attached hydrogens (tertiary/aromatic N) is 2. The highest BCUT2D eigenvalue weighted by Gasteiger charge is 2.22. The van der Waals surface area contributed by atoms with Crippen LogP contribution >= 0.6 is 0 Å². The van der Waals surface area contributed by atoms with Gasteiger partial charge in [0.2, 0.25) is 11.8 Å². The first-order valence-electron chi connectivity index (χ1n) is 7.97. The highest BCUT2D eigenvalue weighted by atomic mass is 16.5. The van der Waals surface area contributed by atoms with Crippen molar-refractivity contribution in [2.24, 2.45) is 5.92 Å². The number of carbonyl (C=O) groups is 1. The van der Waals surface area contributed by atoms with E-state index in [1.807, 2.05) is 20.8 Å². The second-order valence-electron chi connectivity index (χ2n) is 7.30. The number of hydrogen-bond donors (Lipinski definition) is 1. The van der Waals surface area contributed by atoms with Gasteiger partial charge in [0.15, 0.2) is 5.82 Å². The molecule has 21 heavy (non-hydrogen) atoms. The van der Waals surface area contributed by atoms with Gasteiger partial charge >= 0.3 is 0 Å². The molecule has 0 spiro atoms. The standard InChI is InChI=1S/C16H27N3O2/c1-11-6-5-7-12(10-11)17-13(20)8-9-14-18-15(19-21-14)16(2,3)4/h11-12H,5-10H2,1-4H3,(H,17,20). The molecule has 1 aliphatic carbocycles. The lowest BCUT2D eigenvalue weighted by Gasteiger charge is -2.27. The molecular weight excluding hydrogens is 266 g/mol. The zero-order valence-electron chi connectivity index (χ0n) is 13.6. The van der Waals surface area contributed by atoms with E-state index in [0.29, 0.717) is 36.5 Å². The van der Waals surface area contributed by atoms with Crippen molar-refractivity contribution in [3.8, 4) is 0 Å². The molecule has 5 heteroatoms. The molecule has 2 rings (SSSR count). The van der Waals surface area contributed by atoms with E-state index in [9.17, 15) is 4.79 Å². The lowest BCUT2D eigenvalue weighted by molar-refractivity contribution is -0.122. The minimum absolute atomic E-state index is 0.0876. The van der Waals surface area contributed by atoms with Crippen LogP contribution in [0, 0.1) is 5.92 Å². The topological polar surface area (TPSA) is 68.0 Å². The molecule has 1 fully saturated rings. The van der Waals surface area contributed by atoms with Gasteiger partial charge in [0.05, 0.1) is 0 Å². The molecule has 2 unspecified atom stereocenters. The molecule has 1 aliphatic rings. The fraction of sp³-hybridized carbons (Fsp3) is 0.812. The van der Waals surface area contributed by atoms with Gasteiger partial charge in [-0.15, -0.1) is 0 Å². The maximum absolute atomic E-state index is 12.0. The normalized spacial score (nSPS) is 23.0. The van der Waals surface area contributed by atoms with Crippen molar-refractivity contribution in [3.05, 3.63) is 11.7 Å². The second kappa shape index (κ2) is 6.58. The molecular formula is C16H27N3O2. The molecule has 1 heterocycles. The predicted octanol–water partition coefficient (Wildman–Crippen LogP) is 2.99. The second-order valence-corrected chi connectivity index (χ2v) is 7.30.